The number of rotatable bonds is 2. The highest BCUT2D eigenvalue weighted by Crippen LogP contribution is 2.31. The molecule has 106 valence electrons. The molecule has 1 nitrogen and oxygen atoms in total. The van der Waals surface area contributed by atoms with Crippen molar-refractivity contribution in [2.45, 2.75) is 26.9 Å². The lowest BCUT2D eigenvalue weighted by atomic mass is 9.92. The maximum atomic E-state index is 10.8. The zero-order chi connectivity index (χ0) is 15.0. The van der Waals surface area contributed by atoms with Crippen LogP contribution in [0.5, 0.6) is 0 Å². The second kappa shape index (κ2) is 5.34. The molecule has 0 aliphatic rings. The topological polar surface area (TPSA) is 20.2 Å². The SMILES string of the molecule is Cc1cc(C)cc(C(O)c2ccc(C)c3ccccc23)c1. The molecular weight excluding hydrogens is 256 g/mol. The van der Waals surface area contributed by atoms with Crippen molar-refractivity contribution < 1.29 is 5.11 Å². The first kappa shape index (κ1) is 13.8. The Bertz CT molecular complexity index is 782. The van der Waals surface area contributed by atoms with E-state index in [2.05, 4.69) is 57.2 Å². The molecule has 0 bridgehead atoms. The van der Waals surface area contributed by atoms with Crippen LogP contribution in [-0.2, 0) is 0 Å². The molecule has 1 atom stereocenters. The van der Waals surface area contributed by atoms with Gasteiger partial charge in [-0.3, -0.25) is 0 Å². The van der Waals surface area contributed by atoms with Crippen LogP contribution in [0, 0.1) is 20.8 Å². The molecular formula is C20H20O. The molecule has 0 heterocycles. The van der Waals surface area contributed by atoms with Crippen molar-refractivity contribution in [2.24, 2.45) is 0 Å². The number of fused-ring (bicyclic) bond motifs is 1. The fourth-order valence-electron chi connectivity index (χ4n) is 3.06. The van der Waals surface area contributed by atoms with Crippen LogP contribution < -0.4 is 0 Å². The van der Waals surface area contributed by atoms with Crippen LogP contribution in [0.3, 0.4) is 0 Å². The highest BCUT2D eigenvalue weighted by molar-refractivity contribution is 5.89. The van der Waals surface area contributed by atoms with E-state index in [1.54, 1.807) is 0 Å². The van der Waals surface area contributed by atoms with E-state index >= 15 is 0 Å². The van der Waals surface area contributed by atoms with E-state index in [-0.39, 0.29) is 0 Å². The average molecular weight is 276 g/mol. The van der Waals surface area contributed by atoms with Crippen LogP contribution >= 0.6 is 0 Å². The molecule has 0 spiro atoms. The monoisotopic (exact) mass is 276 g/mol. The number of hydrogen-bond acceptors (Lipinski definition) is 1. The first-order chi connectivity index (χ1) is 10.1. The standard InChI is InChI=1S/C20H20O/c1-13-10-14(2)12-16(11-13)20(21)19-9-8-15(3)17-6-4-5-7-18(17)19/h4-12,20-21H,1-3H3. The molecule has 3 aromatic carbocycles. The smallest absolute Gasteiger partial charge is 0.105 e. The van der Waals surface area contributed by atoms with E-state index in [4.69, 9.17) is 0 Å². The van der Waals surface area contributed by atoms with Crippen molar-refractivity contribution in [2.75, 3.05) is 0 Å². The van der Waals surface area contributed by atoms with E-state index in [1.165, 1.54) is 22.1 Å². The van der Waals surface area contributed by atoms with Gasteiger partial charge in [0.05, 0.1) is 0 Å². The van der Waals surface area contributed by atoms with Crippen molar-refractivity contribution in [3.05, 3.63) is 82.4 Å². The Morgan fingerprint density at radius 2 is 1.38 bits per heavy atom. The predicted molar refractivity (Wildman–Crippen MR) is 88.7 cm³/mol. The summed E-state index contributed by atoms with van der Waals surface area (Å²) in [6.45, 7) is 6.24. The maximum Gasteiger partial charge on any atom is 0.105 e. The first-order valence-electron chi connectivity index (χ1n) is 7.31. The number of hydrogen-bond donors (Lipinski definition) is 1. The number of aliphatic hydroxyl groups excluding tert-OH is 1. The highest BCUT2D eigenvalue weighted by Gasteiger charge is 2.14. The van der Waals surface area contributed by atoms with E-state index < -0.39 is 6.10 Å². The zero-order valence-corrected chi connectivity index (χ0v) is 12.7. The summed E-state index contributed by atoms with van der Waals surface area (Å²) >= 11 is 0. The van der Waals surface area contributed by atoms with Gasteiger partial charge in [0.15, 0.2) is 0 Å². The molecule has 1 N–H and O–H groups in total. The summed E-state index contributed by atoms with van der Waals surface area (Å²) in [6, 6.07) is 18.7. The van der Waals surface area contributed by atoms with Gasteiger partial charge >= 0.3 is 0 Å². The van der Waals surface area contributed by atoms with Crippen LogP contribution in [0.1, 0.15) is 33.9 Å². The molecule has 1 unspecified atom stereocenters. The van der Waals surface area contributed by atoms with Crippen LogP contribution in [0.4, 0.5) is 0 Å². The molecule has 0 saturated heterocycles. The van der Waals surface area contributed by atoms with Crippen LogP contribution in [0.2, 0.25) is 0 Å². The largest absolute Gasteiger partial charge is 0.384 e. The van der Waals surface area contributed by atoms with Crippen LogP contribution in [-0.4, -0.2) is 5.11 Å². The lowest BCUT2D eigenvalue weighted by Crippen LogP contribution is -2.02. The Kier molecular flexibility index (Phi) is 3.52. The minimum atomic E-state index is -0.589. The third-order valence-electron chi connectivity index (χ3n) is 4.03. The van der Waals surface area contributed by atoms with E-state index in [0.29, 0.717) is 0 Å². The van der Waals surface area contributed by atoms with Crippen molar-refractivity contribution >= 4 is 10.8 Å². The van der Waals surface area contributed by atoms with Gasteiger partial charge < -0.3 is 5.11 Å². The van der Waals surface area contributed by atoms with Crippen molar-refractivity contribution in [3.63, 3.8) is 0 Å². The van der Waals surface area contributed by atoms with E-state index in [9.17, 15) is 5.11 Å². The van der Waals surface area contributed by atoms with Gasteiger partial charge in [0.2, 0.25) is 0 Å². The van der Waals surface area contributed by atoms with Gasteiger partial charge in [-0.2, -0.15) is 0 Å². The molecule has 0 aromatic heterocycles. The molecule has 0 amide bonds. The fourth-order valence-corrected chi connectivity index (χ4v) is 3.06. The molecule has 0 aliphatic heterocycles. The van der Waals surface area contributed by atoms with Crippen molar-refractivity contribution in [3.8, 4) is 0 Å². The van der Waals surface area contributed by atoms with Gasteiger partial charge in [-0.05, 0) is 48.2 Å². The molecule has 0 radical (unpaired) electrons. The Hall–Kier alpha value is -2.12. The molecule has 1 heteroatoms. The van der Waals surface area contributed by atoms with E-state index in [1.807, 2.05) is 18.2 Å². The zero-order valence-electron chi connectivity index (χ0n) is 12.7. The quantitative estimate of drug-likeness (QED) is 0.709. The second-order valence-corrected chi connectivity index (χ2v) is 5.84. The van der Waals surface area contributed by atoms with Gasteiger partial charge in [-0.15, -0.1) is 0 Å². The second-order valence-electron chi connectivity index (χ2n) is 5.84. The third kappa shape index (κ3) is 2.57. The summed E-state index contributed by atoms with van der Waals surface area (Å²) in [5.41, 5.74) is 5.53. The fraction of sp³-hybridized carbons (Fsp3) is 0.200. The first-order valence-corrected chi connectivity index (χ1v) is 7.31. The average Bonchev–Trinajstić information content (AvgIpc) is 2.46. The summed E-state index contributed by atoms with van der Waals surface area (Å²) in [5, 5.41) is 13.2. The van der Waals surface area contributed by atoms with Crippen molar-refractivity contribution in [1.82, 2.24) is 0 Å². The maximum absolute atomic E-state index is 10.8. The normalized spacial score (nSPS) is 12.6. The van der Waals surface area contributed by atoms with Crippen molar-refractivity contribution in [1.29, 1.82) is 0 Å². The van der Waals surface area contributed by atoms with Crippen LogP contribution in [0.25, 0.3) is 10.8 Å². The van der Waals surface area contributed by atoms with Gasteiger partial charge in [-0.1, -0.05) is 65.7 Å². The summed E-state index contributed by atoms with van der Waals surface area (Å²) in [7, 11) is 0. The number of aliphatic hydroxyl groups is 1. The van der Waals surface area contributed by atoms with Crippen LogP contribution in [0.15, 0.2) is 54.6 Å². The van der Waals surface area contributed by atoms with Gasteiger partial charge in [-0.25, -0.2) is 0 Å². The Labute approximate surface area is 125 Å². The molecule has 0 aliphatic carbocycles. The molecule has 3 aromatic rings. The number of benzene rings is 3. The third-order valence-corrected chi connectivity index (χ3v) is 4.03. The summed E-state index contributed by atoms with van der Waals surface area (Å²) in [6.07, 6.45) is -0.589. The lowest BCUT2D eigenvalue weighted by molar-refractivity contribution is 0.221. The lowest BCUT2D eigenvalue weighted by Gasteiger charge is -2.16. The minimum absolute atomic E-state index is 0.589. The van der Waals surface area contributed by atoms with E-state index in [0.717, 1.165) is 16.5 Å². The molecule has 0 saturated carbocycles. The van der Waals surface area contributed by atoms with Gasteiger partial charge in [0.25, 0.3) is 0 Å². The molecule has 0 fully saturated rings. The van der Waals surface area contributed by atoms with Gasteiger partial charge in [0.1, 0.15) is 6.10 Å². The Balaban J connectivity index is 2.18. The molecule has 3 rings (SSSR count). The summed E-state index contributed by atoms with van der Waals surface area (Å²) in [4.78, 5) is 0. The Morgan fingerprint density at radius 1 is 0.762 bits per heavy atom. The summed E-state index contributed by atoms with van der Waals surface area (Å²) in [5.74, 6) is 0. The predicted octanol–water partition coefficient (Wildman–Crippen LogP) is 4.85. The number of aryl methyl sites for hydroxylation is 3. The van der Waals surface area contributed by atoms with Gasteiger partial charge in [0, 0.05) is 0 Å². The minimum Gasteiger partial charge on any atom is -0.384 e. The summed E-state index contributed by atoms with van der Waals surface area (Å²) < 4.78 is 0. The Morgan fingerprint density at radius 3 is 2.05 bits per heavy atom. The molecule has 21 heavy (non-hydrogen) atoms. The highest BCUT2D eigenvalue weighted by atomic mass is 16.3.